The minimum atomic E-state index is -3.15. The van der Waals surface area contributed by atoms with E-state index in [2.05, 4.69) is 5.32 Å². The maximum Gasteiger partial charge on any atom is 0.211 e. The molecule has 0 aromatic heterocycles. The van der Waals surface area contributed by atoms with Crippen molar-refractivity contribution in [3.63, 3.8) is 0 Å². The monoisotopic (exact) mass is 318 g/mol. The molecule has 1 saturated heterocycles. The van der Waals surface area contributed by atoms with Gasteiger partial charge in [0.25, 0.3) is 0 Å². The molecule has 1 fully saturated rings. The fourth-order valence-corrected chi connectivity index (χ4v) is 3.53. The van der Waals surface area contributed by atoms with Crippen LogP contribution in [0.3, 0.4) is 0 Å². The molecule has 1 atom stereocenters. The quantitative estimate of drug-likeness (QED) is 0.899. The Bertz CT molecular complexity index is 593. The van der Waals surface area contributed by atoms with Crippen molar-refractivity contribution in [2.24, 2.45) is 5.92 Å². The van der Waals surface area contributed by atoms with Crippen LogP contribution in [0.25, 0.3) is 0 Å². The highest BCUT2D eigenvalue weighted by molar-refractivity contribution is 7.88. The van der Waals surface area contributed by atoms with E-state index in [1.165, 1.54) is 16.6 Å². The Kier molecular flexibility index (Phi) is 5.29. The van der Waals surface area contributed by atoms with Crippen LogP contribution < -0.4 is 5.32 Å². The van der Waals surface area contributed by atoms with Crippen molar-refractivity contribution in [3.8, 4) is 0 Å². The maximum absolute atomic E-state index is 13.5. The molecule has 1 aromatic carbocycles. The summed E-state index contributed by atoms with van der Waals surface area (Å²) in [4.78, 5) is 0. The number of sulfonamides is 1. The molecule has 0 spiro atoms. The standard InChI is InChI=1S/C14H20F2N2O2S/c1-21(19,20)18-6-2-3-11(10-18)8-17-9-12-7-13(15)4-5-14(12)16/h4-5,7,11,17H,2-3,6,8-10H2,1H3. The molecule has 1 aromatic rings. The molecule has 0 amide bonds. The van der Waals surface area contributed by atoms with E-state index < -0.39 is 21.7 Å². The van der Waals surface area contributed by atoms with Gasteiger partial charge >= 0.3 is 0 Å². The number of hydrogen-bond acceptors (Lipinski definition) is 3. The van der Waals surface area contributed by atoms with Gasteiger partial charge in [0.05, 0.1) is 6.26 Å². The summed E-state index contributed by atoms with van der Waals surface area (Å²) in [5.74, 6) is -0.704. The van der Waals surface area contributed by atoms with Crippen LogP contribution in [-0.2, 0) is 16.6 Å². The maximum atomic E-state index is 13.5. The van der Waals surface area contributed by atoms with E-state index in [0.717, 1.165) is 25.0 Å². The van der Waals surface area contributed by atoms with Gasteiger partial charge in [-0.3, -0.25) is 0 Å². The Morgan fingerprint density at radius 2 is 2.14 bits per heavy atom. The molecule has 1 aliphatic heterocycles. The van der Waals surface area contributed by atoms with Crippen molar-refractivity contribution in [1.29, 1.82) is 0 Å². The zero-order valence-electron chi connectivity index (χ0n) is 12.0. The van der Waals surface area contributed by atoms with Crippen LogP contribution in [-0.4, -0.2) is 38.6 Å². The molecule has 4 nitrogen and oxygen atoms in total. The van der Waals surface area contributed by atoms with E-state index in [1.54, 1.807) is 0 Å². The third kappa shape index (κ3) is 4.72. The summed E-state index contributed by atoms with van der Waals surface area (Å²) in [6.45, 7) is 1.87. The summed E-state index contributed by atoms with van der Waals surface area (Å²) in [6, 6.07) is 3.37. The second kappa shape index (κ2) is 6.81. The van der Waals surface area contributed by atoms with Crippen molar-refractivity contribution >= 4 is 10.0 Å². The van der Waals surface area contributed by atoms with E-state index >= 15 is 0 Å². The lowest BCUT2D eigenvalue weighted by Gasteiger charge is -2.31. The van der Waals surface area contributed by atoms with E-state index in [9.17, 15) is 17.2 Å². The van der Waals surface area contributed by atoms with Crippen LogP contribution in [0.2, 0.25) is 0 Å². The third-order valence-corrected chi connectivity index (χ3v) is 4.98. The van der Waals surface area contributed by atoms with E-state index in [-0.39, 0.29) is 18.0 Å². The molecule has 0 radical (unpaired) electrons. The molecule has 1 aliphatic rings. The second-order valence-electron chi connectivity index (χ2n) is 5.50. The summed E-state index contributed by atoms with van der Waals surface area (Å²) in [5.41, 5.74) is 0.283. The smallest absolute Gasteiger partial charge is 0.211 e. The van der Waals surface area contributed by atoms with Crippen LogP contribution >= 0.6 is 0 Å². The van der Waals surface area contributed by atoms with E-state index in [1.807, 2.05) is 0 Å². The van der Waals surface area contributed by atoms with Gasteiger partial charge < -0.3 is 5.32 Å². The van der Waals surface area contributed by atoms with Gasteiger partial charge in [-0.25, -0.2) is 21.5 Å². The SMILES string of the molecule is CS(=O)(=O)N1CCCC(CNCc2cc(F)ccc2F)C1. The fraction of sp³-hybridized carbons (Fsp3) is 0.571. The van der Waals surface area contributed by atoms with Crippen LogP contribution in [0.15, 0.2) is 18.2 Å². The molecule has 0 bridgehead atoms. The number of nitrogens with zero attached hydrogens (tertiary/aromatic N) is 1. The van der Waals surface area contributed by atoms with Gasteiger partial charge in [0, 0.05) is 25.2 Å². The average Bonchev–Trinajstić information content (AvgIpc) is 2.42. The van der Waals surface area contributed by atoms with Crippen molar-refractivity contribution in [2.75, 3.05) is 25.9 Å². The lowest BCUT2D eigenvalue weighted by atomic mass is 9.99. The molecule has 2 rings (SSSR count). The van der Waals surface area contributed by atoms with Gasteiger partial charge in [-0.05, 0) is 43.5 Å². The summed E-state index contributed by atoms with van der Waals surface area (Å²) >= 11 is 0. The first-order valence-electron chi connectivity index (χ1n) is 6.96. The van der Waals surface area contributed by atoms with E-state index in [4.69, 9.17) is 0 Å². The van der Waals surface area contributed by atoms with Crippen molar-refractivity contribution in [1.82, 2.24) is 9.62 Å². The Balaban J connectivity index is 1.84. The highest BCUT2D eigenvalue weighted by atomic mass is 32.2. The van der Waals surface area contributed by atoms with Crippen molar-refractivity contribution in [2.45, 2.75) is 19.4 Å². The molecule has 21 heavy (non-hydrogen) atoms. The van der Waals surface area contributed by atoms with Crippen LogP contribution in [0.4, 0.5) is 8.78 Å². The average molecular weight is 318 g/mol. The summed E-state index contributed by atoms with van der Waals surface area (Å²) in [7, 11) is -3.15. The molecule has 0 aliphatic carbocycles. The number of piperidine rings is 1. The number of benzene rings is 1. The molecule has 7 heteroatoms. The number of nitrogens with one attached hydrogen (secondary N) is 1. The molecule has 1 heterocycles. The minimum absolute atomic E-state index is 0.199. The van der Waals surface area contributed by atoms with Gasteiger partial charge in [0.15, 0.2) is 0 Å². The van der Waals surface area contributed by atoms with Crippen molar-refractivity contribution < 1.29 is 17.2 Å². The Morgan fingerprint density at radius 3 is 2.86 bits per heavy atom. The Morgan fingerprint density at radius 1 is 1.38 bits per heavy atom. The summed E-state index contributed by atoms with van der Waals surface area (Å²) in [5, 5.41) is 3.08. The van der Waals surface area contributed by atoms with Crippen molar-refractivity contribution in [3.05, 3.63) is 35.4 Å². The largest absolute Gasteiger partial charge is 0.312 e. The second-order valence-corrected chi connectivity index (χ2v) is 7.48. The molecule has 1 N–H and O–H groups in total. The lowest BCUT2D eigenvalue weighted by Crippen LogP contribution is -2.42. The highest BCUT2D eigenvalue weighted by Gasteiger charge is 2.25. The van der Waals surface area contributed by atoms with Gasteiger partial charge in [-0.2, -0.15) is 0 Å². The normalized spacial score (nSPS) is 20.6. The van der Waals surface area contributed by atoms with E-state index in [0.29, 0.717) is 19.6 Å². The number of halogens is 2. The van der Waals surface area contributed by atoms with Crippen LogP contribution in [0, 0.1) is 17.6 Å². The first kappa shape index (κ1) is 16.3. The molecular weight excluding hydrogens is 298 g/mol. The minimum Gasteiger partial charge on any atom is -0.312 e. The zero-order valence-corrected chi connectivity index (χ0v) is 12.8. The van der Waals surface area contributed by atoms with Gasteiger partial charge in [0.2, 0.25) is 10.0 Å². The Labute approximate surface area is 124 Å². The molecule has 118 valence electrons. The van der Waals surface area contributed by atoms with Crippen LogP contribution in [0.1, 0.15) is 18.4 Å². The summed E-state index contributed by atoms with van der Waals surface area (Å²) in [6.07, 6.45) is 2.98. The van der Waals surface area contributed by atoms with Gasteiger partial charge in [0.1, 0.15) is 11.6 Å². The molecule has 0 saturated carbocycles. The highest BCUT2D eigenvalue weighted by Crippen LogP contribution is 2.18. The zero-order chi connectivity index (χ0) is 15.5. The summed E-state index contributed by atoms with van der Waals surface area (Å²) < 4.78 is 51.0. The third-order valence-electron chi connectivity index (χ3n) is 3.71. The fourth-order valence-electron chi connectivity index (χ4n) is 2.58. The first-order chi connectivity index (χ1) is 9.86. The van der Waals surface area contributed by atoms with Crippen LogP contribution in [0.5, 0.6) is 0 Å². The topological polar surface area (TPSA) is 49.4 Å². The lowest BCUT2D eigenvalue weighted by molar-refractivity contribution is 0.261. The van der Waals surface area contributed by atoms with Gasteiger partial charge in [-0.1, -0.05) is 0 Å². The first-order valence-corrected chi connectivity index (χ1v) is 8.81. The number of hydrogen-bond donors (Lipinski definition) is 1. The Hall–Kier alpha value is -1.05. The number of rotatable bonds is 5. The van der Waals surface area contributed by atoms with Gasteiger partial charge in [-0.15, -0.1) is 0 Å². The predicted octanol–water partition coefficient (Wildman–Crippen LogP) is 1.73. The molecule has 1 unspecified atom stereocenters. The predicted molar refractivity (Wildman–Crippen MR) is 77.2 cm³/mol. The molecular formula is C14H20F2N2O2S.